The third-order valence-electron chi connectivity index (χ3n) is 1.82. The van der Waals surface area contributed by atoms with Crippen LogP contribution >= 0.6 is 0 Å². The Morgan fingerprint density at radius 1 is 1.44 bits per heavy atom. The van der Waals surface area contributed by atoms with Crippen molar-refractivity contribution < 1.29 is 23.0 Å². The molecule has 88 valence electrons. The molecule has 1 aromatic carbocycles. The molecule has 0 spiro atoms. The number of alkyl halides is 2. The molecular weight excluding hydrogens is 218 g/mol. The van der Waals surface area contributed by atoms with E-state index in [1.165, 1.54) is 24.3 Å². The van der Waals surface area contributed by atoms with Crippen LogP contribution in [0.3, 0.4) is 0 Å². The molecule has 0 N–H and O–H groups in total. The third-order valence-corrected chi connectivity index (χ3v) is 1.82. The molecule has 0 aliphatic rings. The van der Waals surface area contributed by atoms with Crippen molar-refractivity contribution in [1.29, 1.82) is 0 Å². The smallest absolute Gasteiger partial charge is 0.387 e. The molecule has 16 heavy (non-hydrogen) atoms. The van der Waals surface area contributed by atoms with E-state index in [1.807, 2.05) is 0 Å². The van der Waals surface area contributed by atoms with Crippen molar-refractivity contribution in [3.8, 4) is 5.75 Å². The molecule has 0 aliphatic carbocycles. The lowest BCUT2D eigenvalue weighted by Gasteiger charge is -2.06. The van der Waals surface area contributed by atoms with E-state index < -0.39 is 6.61 Å². The van der Waals surface area contributed by atoms with E-state index >= 15 is 0 Å². The summed E-state index contributed by atoms with van der Waals surface area (Å²) in [6, 6.07) is 5.65. The summed E-state index contributed by atoms with van der Waals surface area (Å²) >= 11 is 0. The largest absolute Gasteiger partial charge is 0.435 e. The zero-order valence-electron chi connectivity index (χ0n) is 8.78. The van der Waals surface area contributed by atoms with E-state index in [0.29, 0.717) is 12.2 Å². The number of halogens is 2. The van der Waals surface area contributed by atoms with Crippen LogP contribution in [0, 0.1) is 0 Å². The zero-order valence-corrected chi connectivity index (χ0v) is 8.78. The predicted octanol–water partition coefficient (Wildman–Crippen LogP) is 2.51. The lowest BCUT2D eigenvalue weighted by molar-refractivity contribution is -0.0498. The summed E-state index contributed by atoms with van der Waals surface area (Å²) in [6.45, 7) is -0.755. The standard InChI is InChI=1S/C11H12F2O3/c1-2-15-7-10(14)8-4-3-5-9(6-8)16-11(12)13/h3-6,11H,2,7H2,1H3. The fourth-order valence-corrected chi connectivity index (χ4v) is 1.12. The summed E-state index contributed by atoms with van der Waals surface area (Å²) in [5.74, 6) is -0.293. The van der Waals surface area contributed by atoms with Gasteiger partial charge in [-0.2, -0.15) is 8.78 Å². The first kappa shape index (κ1) is 12.6. The molecule has 0 heterocycles. The predicted molar refractivity (Wildman–Crippen MR) is 53.9 cm³/mol. The van der Waals surface area contributed by atoms with Crippen molar-refractivity contribution >= 4 is 5.78 Å². The molecule has 0 saturated heterocycles. The monoisotopic (exact) mass is 230 g/mol. The van der Waals surface area contributed by atoms with Crippen molar-refractivity contribution in [3.63, 3.8) is 0 Å². The van der Waals surface area contributed by atoms with Gasteiger partial charge in [0.15, 0.2) is 5.78 Å². The SMILES string of the molecule is CCOCC(=O)c1cccc(OC(F)F)c1. The van der Waals surface area contributed by atoms with E-state index in [2.05, 4.69) is 4.74 Å². The first-order valence-electron chi connectivity index (χ1n) is 4.79. The third kappa shape index (κ3) is 3.94. The average molecular weight is 230 g/mol. The van der Waals surface area contributed by atoms with Gasteiger partial charge in [-0.3, -0.25) is 4.79 Å². The minimum Gasteiger partial charge on any atom is -0.435 e. The second kappa shape index (κ2) is 6.17. The van der Waals surface area contributed by atoms with Gasteiger partial charge in [-0.05, 0) is 19.1 Å². The van der Waals surface area contributed by atoms with Crippen LogP contribution in [0.4, 0.5) is 8.78 Å². The van der Waals surface area contributed by atoms with Crippen molar-refractivity contribution in [1.82, 2.24) is 0 Å². The Bertz CT molecular complexity index is 353. The molecule has 0 atom stereocenters. The summed E-state index contributed by atoms with van der Waals surface area (Å²) in [6.07, 6.45) is 0. The van der Waals surface area contributed by atoms with Gasteiger partial charge in [-0.15, -0.1) is 0 Å². The normalized spacial score (nSPS) is 10.5. The number of ketones is 1. The average Bonchev–Trinajstić information content (AvgIpc) is 2.25. The number of Topliss-reactive ketones (excluding diaryl/α,β-unsaturated/α-hetero) is 1. The molecule has 0 radical (unpaired) electrons. The summed E-state index contributed by atoms with van der Waals surface area (Å²) in [5.41, 5.74) is 0.298. The second-order valence-corrected chi connectivity index (χ2v) is 2.97. The van der Waals surface area contributed by atoms with Crippen molar-refractivity contribution in [2.45, 2.75) is 13.5 Å². The molecular formula is C11H12F2O3. The molecule has 3 nitrogen and oxygen atoms in total. The van der Waals surface area contributed by atoms with Crippen LogP contribution in [0.25, 0.3) is 0 Å². The van der Waals surface area contributed by atoms with E-state index in [0.717, 1.165) is 0 Å². The molecule has 0 bridgehead atoms. The topological polar surface area (TPSA) is 35.5 Å². The van der Waals surface area contributed by atoms with E-state index in [1.54, 1.807) is 6.92 Å². The number of benzene rings is 1. The van der Waals surface area contributed by atoms with E-state index in [9.17, 15) is 13.6 Å². The molecule has 0 saturated carbocycles. The zero-order chi connectivity index (χ0) is 12.0. The summed E-state index contributed by atoms with van der Waals surface area (Å²) < 4.78 is 33.0. The van der Waals surface area contributed by atoms with Gasteiger partial charge in [0.05, 0.1) is 0 Å². The molecule has 1 rings (SSSR count). The highest BCUT2D eigenvalue weighted by Crippen LogP contribution is 2.16. The van der Waals surface area contributed by atoms with Gasteiger partial charge >= 0.3 is 6.61 Å². The fourth-order valence-electron chi connectivity index (χ4n) is 1.12. The lowest BCUT2D eigenvalue weighted by Crippen LogP contribution is -2.09. The van der Waals surface area contributed by atoms with Gasteiger partial charge < -0.3 is 9.47 Å². The number of carbonyl (C=O) groups excluding carboxylic acids is 1. The summed E-state index contributed by atoms with van der Waals surface area (Å²) in [5, 5.41) is 0. The number of ether oxygens (including phenoxy) is 2. The minimum absolute atomic E-state index is 0.0302. The van der Waals surface area contributed by atoms with Gasteiger partial charge in [-0.25, -0.2) is 0 Å². The van der Waals surface area contributed by atoms with Crippen molar-refractivity contribution in [2.75, 3.05) is 13.2 Å². The van der Waals surface area contributed by atoms with E-state index in [4.69, 9.17) is 4.74 Å². The molecule has 0 aromatic heterocycles. The highest BCUT2D eigenvalue weighted by Gasteiger charge is 2.09. The van der Waals surface area contributed by atoms with Crippen molar-refractivity contribution in [3.05, 3.63) is 29.8 Å². The summed E-state index contributed by atoms with van der Waals surface area (Å²) in [7, 11) is 0. The Morgan fingerprint density at radius 2 is 2.19 bits per heavy atom. The Labute approximate surface area is 92.0 Å². The fraction of sp³-hybridized carbons (Fsp3) is 0.364. The van der Waals surface area contributed by atoms with Gasteiger partial charge in [0.1, 0.15) is 12.4 Å². The lowest BCUT2D eigenvalue weighted by atomic mass is 10.1. The van der Waals surface area contributed by atoms with Gasteiger partial charge in [0.2, 0.25) is 0 Å². The van der Waals surface area contributed by atoms with Crippen LogP contribution in [0.1, 0.15) is 17.3 Å². The molecule has 0 amide bonds. The van der Waals surface area contributed by atoms with Gasteiger partial charge in [-0.1, -0.05) is 12.1 Å². The molecule has 0 unspecified atom stereocenters. The van der Waals surface area contributed by atoms with Gasteiger partial charge in [0, 0.05) is 12.2 Å². The highest BCUT2D eigenvalue weighted by molar-refractivity contribution is 5.97. The number of hydrogen-bond acceptors (Lipinski definition) is 3. The maximum atomic E-state index is 11.9. The van der Waals surface area contributed by atoms with Crippen LogP contribution in [-0.4, -0.2) is 25.6 Å². The number of hydrogen-bond donors (Lipinski definition) is 0. The number of rotatable bonds is 6. The highest BCUT2D eigenvalue weighted by atomic mass is 19.3. The Kier molecular flexibility index (Phi) is 4.85. The molecule has 0 aliphatic heterocycles. The maximum absolute atomic E-state index is 11.9. The van der Waals surface area contributed by atoms with Crippen molar-refractivity contribution in [2.24, 2.45) is 0 Å². The van der Waals surface area contributed by atoms with Gasteiger partial charge in [0.25, 0.3) is 0 Å². The number of carbonyl (C=O) groups is 1. The Hall–Kier alpha value is -1.49. The molecule has 5 heteroatoms. The first-order chi connectivity index (χ1) is 7.63. The Morgan fingerprint density at radius 3 is 2.81 bits per heavy atom. The second-order valence-electron chi connectivity index (χ2n) is 2.97. The van der Waals surface area contributed by atoms with E-state index in [-0.39, 0.29) is 18.1 Å². The minimum atomic E-state index is -2.89. The molecule has 0 fully saturated rings. The maximum Gasteiger partial charge on any atom is 0.387 e. The van der Waals surface area contributed by atoms with Crippen LogP contribution < -0.4 is 4.74 Å². The Balaban J connectivity index is 2.69. The van der Waals surface area contributed by atoms with Crippen LogP contribution in [0.2, 0.25) is 0 Å². The van der Waals surface area contributed by atoms with Crippen LogP contribution in [0.15, 0.2) is 24.3 Å². The summed E-state index contributed by atoms with van der Waals surface area (Å²) in [4.78, 5) is 11.5. The van der Waals surface area contributed by atoms with Crippen LogP contribution in [-0.2, 0) is 4.74 Å². The first-order valence-corrected chi connectivity index (χ1v) is 4.79. The quantitative estimate of drug-likeness (QED) is 0.704. The molecule has 1 aromatic rings. The van der Waals surface area contributed by atoms with Crippen LogP contribution in [0.5, 0.6) is 5.75 Å².